The van der Waals surface area contributed by atoms with Gasteiger partial charge in [-0.25, -0.2) is 0 Å². The van der Waals surface area contributed by atoms with Gasteiger partial charge in [-0.2, -0.15) is 5.26 Å². The topological polar surface area (TPSA) is 52.9 Å². The van der Waals surface area contributed by atoms with Crippen LogP contribution in [0.15, 0.2) is 27.1 Å². The first kappa shape index (κ1) is 14.2. The predicted molar refractivity (Wildman–Crippen MR) is 73.6 cm³/mol. The summed E-state index contributed by atoms with van der Waals surface area (Å²) in [4.78, 5) is 12.0. The first-order valence-corrected chi connectivity index (χ1v) is 6.69. The highest BCUT2D eigenvalue weighted by Crippen LogP contribution is 2.22. The summed E-state index contributed by atoms with van der Waals surface area (Å²) in [6.07, 6.45) is 0.559. The Morgan fingerprint density at radius 2 is 2.18 bits per heavy atom. The van der Waals surface area contributed by atoms with E-state index in [0.717, 1.165) is 4.47 Å². The molecule has 0 saturated carbocycles. The monoisotopic (exact) mass is 358 g/mol. The molecule has 1 atom stereocenters. The van der Waals surface area contributed by atoms with Crippen LogP contribution in [0.3, 0.4) is 0 Å². The second-order valence-corrected chi connectivity index (χ2v) is 5.65. The first-order chi connectivity index (χ1) is 7.91. The molecule has 0 saturated heterocycles. The van der Waals surface area contributed by atoms with Crippen molar-refractivity contribution in [3.05, 3.63) is 32.7 Å². The fourth-order valence-corrected chi connectivity index (χ4v) is 2.41. The van der Waals surface area contributed by atoms with Crippen LogP contribution in [0.1, 0.15) is 30.6 Å². The molecule has 0 bridgehead atoms. The zero-order valence-electron chi connectivity index (χ0n) is 9.55. The lowest BCUT2D eigenvalue weighted by Gasteiger charge is -2.21. The number of nitrogens with one attached hydrogen (secondary N) is 1. The van der Waals surface area contributed by atoms with Crippen molar-refractivity contribution in [2.75, 3.05) is 0 Å². The number of nitrogens with zero attached hydrogens (tertiary/aromatic N) is 1. The lowest BCUT2D eigenvalue weighted by molar-refractivity contribution is 0.0922. The quantitative estimate of drug-likeness (QED) is 0.895. The third kappa shape index (κ3) is 3.55. The Bertz CT molecular complexity index is 482. The van der Waals surface area contributed by atoms with Gasteiger partial charge in [0, 0.05) is 8.95 Å². The highest BCUT2D eigenvalue weighted by molar-refractivity contribution is 9.11. The molecule has 3 nitrogen and oxygen atoms in total. The number of hydrogen-bond donors (Lipinski definition) is 1. The van der Waals surface area contributed by atoms with Crippen molar-refractivity contribution in [1.29, 1.82) is 5.26 Å². The van der Waals surface area contributed by atoms with Gasteiger partial charge in [0.2, 0.25) is 0 Å². The summed E-state index contributed by atoms with van der Waals surface area (Å²) >= 11 is 6.65. The normalized spacial score (nSPS) is 13.6. The molecule has 1 amide bonds. The summed E-state index contributed by atoms with van der Waals surface area (Å²) in [7, 11) is 0. The van der Waals surface area contributed by atoms with E-state index in [1.807, 2.05) is 6.92 Å². The number of carbonyl (C=O) groups is 1. The van der Waals surface area contributed by atoms with Crippen LogP contribution in [0.5, 0.6) is 0 Å². The van der Waals surface area contributed by atoms with E-state index >= 15 is 0 Å². The van der Waals surface area contributed by atoms with Crippen molar-refractivity contribution in [1.82, 2.24) is 5.32 Å². The van der Waals surface area contributed by atoms with Gasteiger partial charge in [0.25, 0.3) is 5.91 Å². The van der Waals surface area contributed by atoms with Crippen molar-refractivity contribution in [3.8, 4) is 6.07 Å². The minimum atomic E-state index is -0.830. The number of benzene rings is 1. The molecule has 0 aliphatic carbocycles. The van der Waals surface area contributed by atoms with E-state index in [4.69, 9.17) is 5.26 Å². The number of carbonyl (C=O) groups excluding carboxylic acids is 1. The van der Waals surface area contributed by atoms with E-state index in [-0.39, 0.29) is 5.91 Å². The van der Waals surface area contributed by atoms with Crippen molar-refractivity contribution < 1.29 is 4.79 Å². The average molecular weight is 360 g/mol. The molecule has 5 heteroatoms. The third-order valence-electron chi connectivity index (χ3n) is 2.52. The molecule has 0 radical (unpaired) electrons. The van der Waals surface area contributed by atoms with Gasteiger partial charge >= 0.3 is 0 Å². The molecule has 0 fully saturated rings. The summed E-state index contributed by atoms with van der Waals surface area (Å²) in [5.41, 5.74) is -0.313. The predicted octanol–water partition coefficient (Wildman–Crippen LogP) is 3.63. The van der Waals surface area contributed by atoms with Crippen LogP contribution in [0.25, 0.3) is 0 Å². The minimum absolute atomic E-state index is 0.254. The van der Waals surface area contributed by atoms with Gasteiger partial charge in [-0.3, -0.25) is 4.79 Å². The summed E-state index contributed by atoms with van der Waals surface area (Å²) < 4.78 is 1.58. The largest absolute Gasteiger partial charge is 0.334 e. The summed E-state index contributed by atoms with van der Waals surface area (Å²) in [5, 5.41) is 11.7. The zero-order valence-corrected chi connectivity index (χ0v) is 12.7. The fraction of sp³-hybridized carbons (Fsp3) is 0.333. The van der Waals surface area contributed by atoms with Crippen LogP contribution in [0.4, 0.5) is 0 Å². The molecule has 0 aliphatic heterocycles. The molecule has 1 aromatic rings. The Hall–Kier alpha value is -0.860. The number of halogens is 2. The number of nitriles is 1. The van der Waals surface area contributed by atoms with Gasteiger partial charge in [-0.05, 0) is 47.5 Å². The van der Waals surface area contributed by atoms with E-state index in [1.165, 1.54) is 0 Å². The van der Waals surface area contributed by atoms with Crippen LogP contribution in [0, 0.1) is 11.3 Å². The molecule has 90 valence electrons. The van der Waals surface area contributed by atoms with Crippen LogP contribution < -0.4 is 5.32 Å². The Balaban J connectivity index is 2.95. The summed E-state index contributed by atoms with van der Waals surface area (Å²) in [6.45, 7) is 3.57. The van der Waals surface area contributed by atoms with Crippen molar-refractivity contribution in [3.63, 3.8) is 0 Å². The van der Waals surface area contributed by atoms with Crippen molar-refractivity contribution >= 4 is 37.8 Å². The smallest absolute Gasteiger partial charge is 0.253 e. The van der Waals surface area contributed by atoms with E-state index in [0.29, 0.717) is 16.5 Å². The minimum Gasteiger partial charge on any atom is -0.334 e. The van der Waals surface area contributed by atoms with Gasteiger partial charge in [-0.15, -0.1) is 0 Å². The summed E-state index contributed by atoms with van der Waals surface area (Å²) in [6, 6.07) is 7.39. The second-order valence-electron chi connectivity index (χ2n) is 3.88. The van der Waals surface area contributed by atoms with E-state index < -0.39 is 5.54 Å². The van der Waals surface area contributed by atoms with Gasteiger partial charge in [0.1, 0.15) is 5.54 Å². The van der Waals surface area contributed by atoms with Crippen molar-refractivity contribution in [2.24, 2.45) is 0 Å². The number of rotatable bonds is 3. The van der Waals surface area contributed by atoms with Crippen LogP contribution in [-0.4, -0.2) is 11.4 Å². The van der Waals surface area contributed by atoms with E-state index in [1.54, 1.807) is 25.1 Å². The maximum Gasteiger partial charge on any atom is 0.253 e. The molecule has 1 aromatic carbocycles. The molecular formula is C12H12Br2N2O. The number of amides is 1. The fourth-order valence-electron chi connectivity index (χ4n) is 1.19. The molecule has 17 heavy (non-hydrogen) atoms. The average Bonchev–Trinajstić information content (AvgIpc) is 2.28. The maximum atomic E-state index is 12.0. The Kier molecular flexibility index (Phi) is 4.72. The maximum absolute atomic E-state index is 12.0. The molecule has 0 heterocycles. The SMILES string of the molecule is CCC(C)(C#N)NC(=O)c1ccc(Br)cc1Br. The standard InChI is InChI=1S/C12H12Br2N2O/c1-3-12(2,7-15)16-11(17)9-5-4-8(13)6-10(9)14/h4-6H,3H2,1-2H3,(H,16,17). The molecule has 1 N–H and O–H groups in total. The molecule has 0 aromatic heterocycles. The molecular weight excluding hydrogens is 348 g/mol. The van der Waals surface area contributed by atoms with E-state index in [2.05, 4.69) is 43.2 Å². The molecule has 1 unspecified atom stereocenters. The van der Waals surface area contributed by atoms with E-state index in [9.17, 15) is 4.79 Å². The third-order valence-corrected chi connectivity index (χ3v) is 3.67. The lowest BCUT2D eigenvalue weighted by atomic mass is 10.0. The first-order valence-electron chi connectivity index (χ1n) is 5.10. The van der Waals surface area contributed by atoms with Crippen LogP contribution in [0.2, 0.25) is 0 Å². The number of hydrogen-bond acceptors (Lipinski definition) is 2. The Morgan fingerprint density at radius 3 is 2.65 bits per heavy atom. The highest BCUT2D eigenvalue weighted by atomic mass is 79.9. The molecule has 0 aliphatic rings. The Morgan fingerprint density at radius 1 is 1.53 bits per heavy atom. The van der Waals surface area contributed by atoms with Crippen LogP contribution in [-0.2, 0) is 0 Å². The van der Waals surface area contributed by atoms with Gasteiger partial charge in [0.15, 0.2) is 0 Å². The Labute approximate surface area is 117 Å². The highest BCUT2D eigenvalue weighted by Gasteiger charge is 2.25. The lowest BCUT2D eigenvalue weighted by Crippen LogP contribution is -2.44. The van der Waals surface area contributed by atoms with Gasteiger partial charge in [0.05, 0.1) is 11.6 Å². The van der Waals surface area contributed by atoms with Gasteiger partial charge in [-0.1, -0.05) is 22.9 Å². The summed E-state index contributed by atoms with van der Waals surface area (Å²) in [5.74, 6) is -0.254. The molecule has 1 rings (SSSR count). The molecule has 0 spiro atoms. The van der Waals surface area contributed by atoms with Crippen LogP contribution >= 0.6 is 31.9 Å². The second kappa shape index (κ2) is 5.65. The van der Waals surface area contributed by atoms with Gasteiger partial charge < -0.3 is 5.32 Å². The van der Waals surface area contributed by atoms with Crippen molar-refractivity contribution in [2.45, 2.75) is 25.8 Å². The zero-order chi connectivity index (χ0) is 13.1.